The predicted molar refractivity (Wildman–Crippen MR) is 123 cm³/mol. The molecule has 5 nitrogen and oxygen atoms in total. The second-order valence-corrected chi connectivity index (χ2v) is 11.5. The minimum Gasteiger partial charge on any atom is -0.378 e. The molecule has 2 aromatic rings. The lowest BCUT2D eigenvalue weighted by molar-refractivity contribution is 0.0427. The van der Waals surface area contributed by atoms with Crippen molar-refractivity contribution in [3.63, 3.8) is 0 Å². The number of hydrogen-bond acceptors (Lipinski definition) is 5. The monoisotopic (exact) mass is 430 g/mol. The predicted octanol–water partition coefficient (Wildman–Crippen LogP) is 5.22. The molecule has 0 unspecified atom stereocenters. The van der Waals surface area contributed by atoms with E-state index in [1.54, 1.807) is 24.5 Å². The summed E-state index contributed by atoms with van der Waals surface area (Å²) in [5.41, 5.74) is 1.57. The van der Waals surface area contributed by atoms with E-state index in [9.17, 15) is 9.67 Å². The molecule has 1 aliphatic carbocycles. The number of pyridine rings is 1. The first-order chi connectivity index (χ1) is 14.2. The van der Waals surface area contributed by atoms with Gasteiger partial charge in [0.2, 0.25) is 0 Å². The Labute approximate surface area is 180 Å². The Morgan fingerprint density at radius 3 is 2.30 bits per heavy atom. The lowest BCUT2D eigenvalue weighted by atomic mass is 9.75. The Kier molecular flexibility index (Phi) is 7.38. The number of aromatic nitrogens is 1. The molecule has 0 bridgehead atoms. The molecule has 5 atom stereocenters. The minimum absolute atomic E-state index is 0.135. The van der Waals surface area contributed by atoms with Crippen molar-refractivity contribution in [3.05, 3.63) is 54.4 Å². The van der Waals surface area contributed by atoms with E-state index in [2.05, 4.69) is 25.8 Å². The summed E-state index contributed by atoms with van der Waals surface area (Å²) in [5.74, 6) is 0.0636. The standard InChI is InChI=1S/C24H35N2O3P/c1-17(2)22-11-6-18(3)16-23(22)29-30(28,24(27)19-12-14-25-15-13-19)21-9-7-20(8-10-21)26(4)5/h7-10,12-15,17-18,22-24,27H,6,11,16H2,1-5H3/t18-,22-,23-,24-,30+/m1/s1. The fraction of sp³-hybridized carbons (Fsp3) is 0.542. The molecule has 1 N–H and O–H groups in total. The average Bonchev–Trinajstić information content (AvgIpc) is 2.73. The van der Waals surface area contributed by atoms with Gasteiger partial charge in [-0.15, -0.1) is 0 Å². The van der Waals surface area contributed by atoms with E-state index in [0.29, 0.717) is 28.6 Å². The molecule has 1 heterocycles. The van der Waals surface area contributed by atoms with Crippen LogP contribution in [0, 0.1) is 17.8 Å². The molecule has 0 radical (unpaired) electrons. The van der Waals surface area contributed by atoms with Gasteiger partial charge in [0.05, 0.1) is 6.10 Å². The third-order valence-electron chi connectivity index (χ3n) is 6.31. The van der Waals surface area contributed by atoms with Gasteiger partial charge in [-0.3, -0.25) is 9.55 Å². The van der Waals surface area contributed by atoms with Gasteiger partial charge in [0, 0.05) is 37.5 Å². The molecule has 164 valence electrons. The summed E-state index contributed by atoms with van der Waals surface area (Å²) in [5, 5.41) is 11.8. The maximum atomic E-state index is 14.4. The molecule has 30 heavy (non-hydrogen) atoms. The molecule has 0 amide bonds. The van der Waals surface area contributed by atoms with Crippen LogP contribution >= 0.6 is 7.37 Å². The maximum Gasteiger partial charge on any atom is 0.264 e. The van der Waals surface area contributed by atoms with Crippen LogP contribution in [-0.2, 0) is 9.09 Å². The van der Waals surface area contributed by atoms with Crippen LogP contribution in [0.4, 0.5) is 5.69 Å². The molecule has 1 aliphatic rings. The van der Waals surface area contributed by atoms with Crippen LogP contribution in [0.3, 0.4) is 0 Å². The third-order valence-corrected chi connectivity index (χ3v) is 8.85. The van der Waals surface area contributed by atoms with E-state index < -0.39 is 13.2 Å². The van der Waals surface area contributed by atoms with Crippen LogP contribution in [0.15, 0.2) is 48.8 Å². The van der Waals surface area contributed by atoms with Crippen molar-refractivity contribution in [1.29, 1.82) is 0 Å². The zero-order chi connectivity index (χ0) is 21.9. The van der Waals surface area contributed by atoms with Gasteiger partial charge in [-0.25, -0.2) is 0 Å². The molecule has 1 aromatic carbocycles. The average molecular weight is 431 g/mol. The fourth-order valence-electron chi connectivity index (χ4n) is 4.39. The molecule has 1 fully saturated rings. The lowest BCUT2D eigenvalue weighted by Gasteiger charge is -2.39. The van der Waals surface area contributed by atoms with Crippen molar-refractivity contribution >= 4 is 18.4 Å². The Balaban J connectivity index is 2.01. The van der Waals surface area contributed by atoms with Crippen molar-refractivity contribution < 1.29 is 14.2 Å². The Hall–Kier alpha value is -1.68. The highest BCUT2D eigenvalue weighted by Crippen LogP contribution is 2.60. The van der Waals surface area contributed by atoms with Crippen molar-refractivity contribution in [2.45, 2.75) is 52.0 Å². The summed E-state index contributed by atoms with van der Waals surface area (Å²) < 4.78 is 20.9. The lowest BCUT2D eigenvalue weighted by Crippen LogP contribution is -2.35. The van der Waals surface area contributed by atoms with Gasteiger partial charge in [0.15, 0.2) is 5.85 Å². The number of nitrogens with zero attached hydrogens (tertiary/aromatic N) is 2. The van der Waals surface area contributed by atoms with Gasteiger partial charge in [0.25, 0.3) is 7.37 Å². The van der Waals surface area contributed by atoms with Crippen LogP contribution in [0.2, 0.25) is 0 Å². The van der Waals surface area contributed by atoms with E-state index in [1.807, 2.05) is 43.3 Å². The van der Waals surface area contributed by atoms with E-state index in [-0.39, 0.29) is 6.10 Å². The number of hydrogen-bond donors (Lipinski definition) is 1. The van der Waals surface area contributed by atoms with Crippen molar-refractivity contribution in [3.8, 4) is 0 Å². The normalized spacial score (nSPS) is 25.0. The molecule has 3 rings (SSSR count). The highest BCUT2D eigenvalue weighted by Gasteiger charge is 2.42. The minimum atomic E-state index is -3.60. The first-order valence-corrected chi connectivity index (χ1v) is 12.6. The Bertz CT molecular complexity index is 855. The largest absolute Gasteiger partial charge is 0.378 e. The smallest absolute Gasteiger partial charge is 0.264 e. The summed E-state index contributed by atoms with van der Waals surface area (Å²) in [6.45, 7) is 6.63. The highest BCUT2D eigenvalue weighted by atomic mass is 31.2. The first kappa shape index (κ1) is 23.0. The molecule has 0 aliphatic heterocycles. The number of anilines is 1. The number of aliphatic hydroxyl groups is 1. The first-order valence-electron chi connectivity index (χ1n) is 10.9. The quantitative estimate of drug-likeness (QED) is 0.610. The van der Waals surface area contributed by atoms with E-state index in [1.165, 1.54) is 0 Å². The zero-order valence-corrected chi connectivity index (χ0v) is 19.6. The maximum absolute atomic E-state index is 14.4. The van der Waals surface area contributed by atoms with Crippen LogP contribution in [0.25, 0.3) is 0 Å². The topological polar surface area (TPSA) is 62.7 Å². The molecule has 0 spiro atoms. The highest BCUT2D eigenvalue weighted by molar-refractivity contribution is 7.67. The van der Waals surface area contributed by atoms with Crippen LogP contribution in [0.1, 0.15) is 51.4 Å². The van der Waals surface area contributed by atoms with Crippen LogP contribution in [0.5, 0.6) is 0 Å². The SMILES string of the molecule is CC(C)[C@H]1CC[C@@H](C)C[C@H]1O[P@@](=O)(c1ccc(N(C)C)cc1)[C@@H](O)c1ccncc1. The number of aliphatic hydroxyl groups excluding tert-OH is 1. The van der Waals surface area contributed by atoms with Crippen molar-refractivity contribution in [2.24, 2.45) is 17.8 Å². The van der Waals surface area contributed by atoms with E-state index in [0.717, 1.165) is 24.9 Å². The van der Waals surface area contributed by atoms with Gasteiger partial charge in [-0.05, 0) is 72.6 Å². The zero-order valence-electron chi connectivity index (χ0n) is 18.7. The third kappa shape index (κ3) is 4.96. The molecular weight excluding hydrogens is 395 g/mol. The second kappa shape index (κ2) is 9.64. The Morgan fingerprint density at radius 2 is 1.73 bits per heavy atom. The summed E-state index contributed by atoms with van der Waals surface area (Å²) in [7, 11) is 0.334. The van der Waals surface area contributed by atoms with E-state index in [4.69, 9.17) is 4.52 Å². The van der Waals surface area contributed by atoms with E-state index >= 15 is 0 Å². The van der Waals surface area contributed by atoms with Gasteiger partial charge >= 0.3 is 0 Å². The second-order valence-electron chi connectivity index (χ2n) is 9.13. The molecule has 1 saturated carbocycles. The molecular formula is C24H35N2O3P. The summed E-state index contributed by atoms with van der Waals surface area (Å²) in [6.07, 6.45) is 6.18. The van der Waals surface area contributed by atoms with Crippen molar-refractivity contribution in [2.75, 3.05) is 19.0 Å². The van der Waals surface area contributed by atoms with Gasteiger partial charge in [0.1, 0.15) is 0 Å². The van der Waals surface area contributed by atoms with Gasteiger partial charge < -0.3 is 14.5 Å². The van der Waals surface area contributed by atoms with Crippen molar-refractivity contribution in [1.82, 2.24) is 4.98 Å². The number of benzene rings is 1. The van der Waals surface area contributed by atoms with Crippen LogP contribution < -0.4 is 10.2 Å². The summed E-state index contributed by atoms with van der Waals surface area (Å²) >= 11 is 0. The molecule has 0 saturated heterocycles. The summed E-state index contributed by atoms with van der Waals surface area (Å²) in [4.78, 5) is 6.02. The molecule has 1 aromatic heterocycles. The summed E-state index contributed by atoms with van der Waals surface area (Å²) in [6, 6.07) is 10.9. The fourth-order valence-corrected chi connectivity index (χ4v) is 6.68. The van der Waals surface area contributed by atoms with Gasteiger partial charge in [-0.1, -0.05) is 27.2 Å². The number of rotatable bonds is 7. The van der Waals surface area contributed by atoms with Gasteiger partial charge in [-0.2, -0.15) is 0 Å². The van der Waals surface area contributed by atoms with Crippen LogP contribution in [-0.4, -0.2) is 30.3 Å². The Morgan fingerprint density at radius 1 is 1.10 bits per heavy atom. The molecule has 6 heteroatoms.